The number of ether oxygens (including phenoxy) is 2. The predicted molar refractivity (Wildman–Crippen MR) is 76.5 cm³/mol. The van der Waals surface area contributed by atoms with Crippen molar-refractivity contribution in [1.29, 1.82) is 0 Å². The maximum atomic E-state index is 11.8. The number of unbranched alkanes of at least 4 members (excludes halogenated alkanes) is 2. The summed E-state index contributed by atoms with van der Waals surface area (Å²) >= 11 is 0. The van der Waals surface area contributed by atoms with Crippen molar-refractivity contribution < 1.29 is 14.3 Å². The van der Waals surface area contributed by atoms with Gasteiger partial charge in [0.1, 0.15) is 6.61 Å². The van der Waals surface area contributed by atoms with E-state index in [1.54, 1.807) is 0 Å². The Balaban J connectivity index is 2.24. The molecule has 0 fully saturated rings. The molecule has 0 spiro atoms. The van der Waals surface area contributed by atoms with Gasteiger partial charge in [-0.1, -0.05) is 37.0 Å². The van der Waals surface area contributed by atoms with Gasteiger partial charge in [0, 0.05) is 6.61 Å². The zero-order valence-electron chi connectivity index (χ0n) is 12.2. The van der Waals surface area contributed by atoms with Crippen LogP contribution in [0.4, 0.5) is 0 Å². The summed E-state index contributed by atoms with van der Waals surface area (Å²) in [5.74, 6) is -0.274. The normalized spacial score (nSPS) is 10.5. The SMILES string of the molecule is CCCCCOCCOC(=O)c1cc(C)cc(C)c1. The second-order valence-electron chi connectivity index (χ2n) is 4.83. The Kier molecular flexibility index (Phi) is 7.19. The van der Waals surface area contributed by atoms with E-state index in [4.69, 9.17) is 9.47 Å². The van der Waals surface area contributed by atoms with E-state index in [2.05, 4.69) is 6.92 Å². The van der Waals surface area contributed by atoms with E-state index in [0.717, 1.165) is 24.2 Å². The highest BCUT2D eigenvalue weighted by Gasteiger charge is 2.07. The molecule has 106 valence electrons. The summed E-state index contributed by atoms with van der Waals surface area (Å²) in [5, 5.41) is 0. The number of esters is 1. The first kappa shape index (κ1) is 15.7. The fourth-order valence-electron chi connectivity index (χ4n) is 1.93. The van der Waals surface area contributed by atoms with Crippen molar-refractivity contribution in [2.45, 2.75) is 40.0 Å². The molecule has 0 N–H and O–H groups in total. The number of rotatable bonds is 8. The fraction of sp³-hybridized carbons (Fsp3) is 0.562. The fourth-order valence-corrected chi connectivity index (χ4v) is 1.93. The lowest BCUT2D eigenvalue weighted by molar-refractivity contribution is 0.0312. The van der Waals surface area contributed by atoms with E-state index in [9.17, 15) is 4.79 Å². The average Bonchev–Trinajstić information content (AvgIpc) is 2.36. The van der Waals surface area contributed by atoms with Gasteiger partial charge in [-0.15, -0.1) is 0 Å². The number of carbonyl (C=O) groups excluding carboxylic acids is 1. The van der Waals surface area contributed by atoms with Crippen LogP contribution < -0.4 is 0 Å². The summed E-state index contributed by atoms with van der Waals surface area (Å²) in [6, 6.07) is 5.72. The molecule has 0 heterocycles. The van der Waals surface area contributed by atoms with Gasteiger partial charge in [-0.25, -0.2) is 4.79 Å². The minimum Gasteiger partial charge on any atom is -0.460 e. The molecule has 0 bridgehead atoms. The number of hydrogen-bond donors (Lipinski definition) is 0. The number of carbonyl (C=O) groups is 1. The molecule has 0 aromatic heterocycles. The zero-order chi connectivity index (χ0) is 14.1. The molecule has 0 aliphatic heterocycles. The van der Waals surface area contributed by atoms with Crippen molar-refractivity contribution in [3.63, 3.8) is 0 Å². The van der Waals surface area contributed by atoms with Crippen LogP contribution in [0.15, 0.2) is 18.2 Å². The van der Waals surface area contributed by atoms with Crippen molar-refractivity contribution in [2.24, 2.45) is 0 Å². The first-order chi connectivity index (χ1) is 9.13. The van der Waals surface area contributed by atoms with Crippen LogP contribution in [0, 0.1) is 13.8 Å². The molecule has 1 aromatic rings. The van der Waals surface area contributed by atoms with Crippen LogP contribution in [0.5, 0.6) is 0 Å². The molecule has 3 nitrogen and oxygen atoms in total. The lowest BCUT2D eigenvalue weighted by Crippen LogP contribution is -2.11. The number of benzene rings is 1. The van der Waals surface area contributed by atoms with E-state index in [1.165, 1.54) is 12.8 Å². The van der Waals surface area contributed by atoms with Gasteiger partial charge in [-0.3, -0.25) is 0 Å². The summed E-state index contributed by atoms with van der Waals surface area (Å²) in [7, 11) is 0. The standard InChI is InChI=1S/C16H24O3/c1-4-5-6-7-18-8-9-19-16(17)15-11-13(2)10-14(3)12-15/h10-12H,4-9H2,1-3H3. The van der Waals surface area contributed by atoms with Gasteiger partial charge in [0.15, 0.2) is 0 Å². The molecular weight excluding hydrogens is 240 g/mol. The van der Waals surface area contributed by atoms with Gasteiger partial charge in [0.2, 0.25) is 0 Å². The first-order valence-corrected chi connectivity index (χ1v) is 6.96. The lowest BCUT2D eigenvalue weighted by Gasteiger charge is -2.07. The average molecular weight is 264 g/mol. The largest absolute Gasteiger partial charge is 0.460 e. The molecular formula is C16H24O3. The molecule has 0 amide bonds. The Morgan fingerprint density at radius 3 is 2.32 bits per heavy atom. The van der Waals surface area contributed by atoms with Crippen molar-refractivity contribution in [3.8, 4) is 0 Å². The quantitative estimate of drug-likeness (QED) is 0.531. The minimum absolute atomic E-state index is 0.274. The van der Waals surface area contributed by atoms with Crippen LogP contribution in [0.25, 0.3) is 0 Å². The van der Waals surface area contributed by atoms with E-state index in [1.807, 2.05) is 32.0 Å². The number of hydrogen-bond acceptors (Lipinski definition) is 3. The highest BCUT2D eigenvalue weighted by molar-refractivity contribution is 5.89. The molecule has 19 heavy (non-hydrogen) atoms. The maximum absolute atomic E-state index is 11.8. The van der Waals surface area contributed by atoms with Crippen LogP contribution in [0.1, 0.15) is 47.7 Å². The number of aryl methyl sites for hydroxylation is 2. The third kappa shape index (κ3) is 6.39. The van der Waals surface area contributed by atoms with Crippen LogP contribution in [0.2, 0.25) is 0 Å². The Morgan fingerprint density at radius 2 is 1.68 bits per heavy atom. The Labute approximate surface area is 115 Å². The molecule has 0 aliphatic carbocycles. The third-order valence-electron chi connectivity index (χ3n) is 2.81. The summed E-state index contributed by atoms with van der Waals surface area (Å²) in [6.45, 7) is 7.64. The summed E-state index contributed by atoms with van der Waals surface area (Å²) in [4.78, 5) is 11.8. The summed E-state index contributed by atoms with van der Waals surface area (Å²) in [5.41, 5.74) is 2.76. The van der Waals surface area contributed by atoms with Gasteiger partial charge >= 0.3 is 5.97 Å². The van der Waals surface area contributed by atoms with Gasteiger partial charge in [0.25, 0.3) is 0 Å². The zero-order valence-corrected chi connectivity index (χ0v) is 12.2. The molecule has 1 rings (SSSR count). The molecule has 0 aliphatic rings. The molecule has 0 atom stereocenters. The minimum atomic E-state index is -0.274. The summed E-state index contributed by atoms with van der Waals surface area (Å²) in [6.07, 6.45) is 3.44. The van der Waals surface area contributed by atoms with E-state index in [0.29, 0.717) is 18.8 Å². The lowest BCUT2D eigenvalue weighted by atomic mass is 10.1. The van der Waals surface area contributed by atoms with Crippen LogP contribution in [-0.4, -0.2) is 25.8 Å². The van der Waals surface area contributed by atoms with Crippen molar-refractivity contribution >= 4 is 5.97 Å². The molecule has 0 unspecified atom stereocenters. The molecule has 3 heteroatoms. The van der Waals surface area contributed by atoms with Gasteiger partial charge in [-0.05, 0) is 32.4 Å². The highest BCUT2D eigenvalue weighted by Crippen LogP contribution is 2.10. The van der Waals surface area contributed by atoms with Crippen LogP contribution in [-0.2, 0) is 9.47 Å². The molecule has 0 radical (unpaired) electrons. The van der Waals surface area contributed by atoms with Crippen molar-refractivity contribution in [3.05, 3.63) is 34.9 Å². The topological polar surface area (TPSA) is 35.5 Å². The van der Waals surface area contributed by atoms with Crippen molar-refractivity contribution in [1.82, 2.24) is 0 Å². The maximum Gasteiger partial charge on any atom is 0.338 e. The highest BCUT2D eigenvalue weighted by atomic mass is 16.6. The smallest absolute Gasteiger partial charge is 0.338 e. The van der Waals surface area contributed by atoms with Crippen molar-refractivity contribution in [2.75, 3.05) is 19.8 Å². The monoisotopic (exact) mass is 264 g/mol. The Morgan fingerprint density at radius 1 is 1.00 bits per heavy atom. The van der Waals surface area contributed by atoms with E-state index in [-0.39, 0.29) is 5.97 Å². The van der Waals surface area contributed by atoms with Gasteiger partial charge < -0.3 is 9.47 Å². The molecule has 0 saturated carbocycles. The van der Waals surface area contributed by atoms with E-state index >= 15 is 0 Å². The van der Waals surface area contributed by atoms with Gasteiger partial charge in [-0.2, -0.15) is 0 Å². The second-order valence-corrected chi connectivity index (χ2v) is 4.83. The predicted octanol–water partition coefficient (Wildman–Crippen LogP) is 3.67. The Bertz CT molecular complexity index is 379. The molecule has 0 saturated heterocycles. The molecule has 1 aromatic carbocycles. The van der Waals surface area contributed by atoms with E-state index < -0.39 is 0 Å². The van der Waals surface area contributed by atoms with Crippen LogP contribution >= 0.6 is 0 Å². The third-order valence-corrected chi connectivity index (χ3v) is 2.81. The first-order valence-electron chi connectivity index (χ1n) is 6.96. The Hall–Kier alpha value is -1.35. The van der Waals surface area contributed by atoms with Crippen LogP contribution in [0.3, 0.4) is 0 Å². The summed E-state index contributed by atoms with van der Waals surface area (Å²) < 4.78 is 10.6. The second kappa shape index (κ2) is 8.70. The van der Waals surface area contributed by atoms with Gasteiger partial charge in [0.05, 0.1) is 12.2 Å².